The normalized spacial score (nSPS) is 9.55. The third-order valence-electron chi connectivity index (χ3n) is 1.34. The number of amides is 1. The Kier molecular flexibility index (Phi) is 2.10. The molecular weight excluding hydrogens is 146 g/mol. The number of nitrogens with zero attached hydrogens (tertiary/aromatic N) is 2. The van der Waals surface area contributed by atoms with Crippen LogP contribution in [0.4, 0.5) is 4.79 Å². The van der Waals surface area contributed by atoms with Gasteiger partial charge in [-0.2, -0.15) is 5.10 Å². The molecule has 11 heavy (non-hydrogen) atoms. The maximum absolute atomic E-state index is 10.1. The largest absolute Gasteiger partial charge is 0.465 e. The Bertz CT molecular complexity index is 256. The van der Waals surface area contributed by atoms with Crippen molar-refractivity contribution in [2.24, 2.45) is 7.05 Å². The summed E-state index contributed by atoms with van der Waals surface area (Å²) >= 11 is 0. The lowest BCUT2D eigenvalue weighted by Crippen LogP contribution is -2.21. The van der Waals surface area contributed by atoms with Crippen LogP contribution in [0.15, 0.2) is 12.3 Å². The minimum Gasteiger partial charge on any atom is -0.465 e. The first kappa shape index (κ1) is 7.59. The van der Waals surface area contributed by atoms with E-state index in [0.29, 0.717) is 6.54 Å². The predicted molar refractivity (Wildman–Crippen MR) is 38.1 cm³/mol. The summed E-state index contributed by atoms with van der Waals surface area (Å²) in [6.07, 6.45) is 0.602. The molecule has 0 aromatic carbocycles. The van der Waals surface area contributed by atoms with Crippen molar-refractivity contribution in [3.63, 3.8) is 0 Å². The number of carboxylic acid groups (broad SMARTS) is 1. The van der Waals surface area contributed by atoms with E-state index in [1.165, 1.54) is 0 Å². The summed E-state index contributed by atoms with van der Waals surface area (Å²) in [5.41, 5.74) is 0.840. The Hall–Kier alpha value is -1.52. The molecule has 60 valence electrons. The van der Waals surface area contributed by atoms with Gasteiger partial charge >= 0.3 is 6.09 Å². The lowest BCUT2D eigenvalue weighted by molar-refractivity contribution is 0.193. The van der Waals surface area contributed by atoms with Crippen LogP contribution in [-0.4, -0.2) is 21.0 Å². The molecule has 0 aliphatic rings. The summed E-state index contributed by atoms with van der Waals surface area (Å²) < 4.78 is 1.62. The fourth-order valence-electron chi connectivity index (χ4n) is 0.741. The number of aromatic nitrogens is 2. The minimum atomic E-state index is -1.02. The summed E-state index contributed by atoms with van der Waals surface area (Å²) in [7, 11) is 1.76. The number of nitrogens with one attached hydrogen (secondary N) is 1. The number of rotatable bonds is 2. The Morgan fingerprint density at radius 2 is 2.64 bits per heavy atom. The molecular formula is C6H9N3O2. The molecule has 1 aromatic heterocycles. The van der Waals surface area contributed by atoms with E-state index in [2.05, 4.69) is 10.4 Å². The highest BCUT2D eigenvalue weighted by Gasteiger charge is 1.98. The van der Waals surface area contributed by atoms with E-state index in [4.69, 9.17) is 5.11 Å². The average Bonchev–Trinajstić information content (AvgIpc) is 2.31. The van der Waals surface area contributed by atoms with Crippen molar-refractivity contribution in [3.05, 3.63) is 18.0 Å². The second-order valence-electron chi connectivity index (χ2n) is 2.10. The van der Waals surface area contributed by atoms with E-state index >= 15 is 0 Å². The van der Waals surface area contributed by atoms with Gasteiger partial charge in [-0.1, -0.05) is 0 Å². The fraction of sp³-hybridized carbons (Fsp3) is 0.333. The first-order chi connectivity index (χ1) is 5.20. The van der Waals surface area contributed by atoms with Gasteiger partial charge in [-0.3, -0.25) is 4.68 Å². The molecule has 0 bridgehead atoms. The van der Waals surface area contributed by atoms with Gasteiger partial charge in [0, 0.05) is 13.2 Å². The van der Waals surface area contributed by atoms with Gasteiger partial charge in [-0.05, 0) is 6.07 Å². The highest BCUT2D eigenvalue weighted by Crippen LogP contribution is 1.93. The number of hydrogen-bond donors (Lipinski definition) is 2. The van der Waals surface area contributed by atoms with Crippen LogP contribution in [0.1, 0.15) is 5.69 Å². The minimum absolute atomic E-state index is 0.297. The average molecular weight is 155 g/mol. The summed E-state index contributed by atoms with van der Waals surface area (Å²) in [6, 6.07) is 1.76. The molecule has 0 atom stereocenters. The molecule has 0 fully saturated rings. The quantitative estimate of drug-likeness (QED) is 0.640. The van der Waals surface area contributed by atoms with Gasteiger partial charge in [0.2, 0.25) is 0 Å². The highest BCUT2D eigenvalue weighted by molar-refractivity contribution is 5.64. The van der Waals surface area contributed by atoms with Crippen molar-refractivity contribution in [1.82, 2.24) is 15.1 Å². The molecule has 5 heteroatoms. The topological polar surface area (TPSA) is 67.2 Å². The molecule has 1 aromatic rings. The van der Waals surface area contributed by atoms with Crippen LogP contribution in [0.3, 0.4) is 0 Å². The number of hydrogen-bond acceptors (Lipinski definition) is 2. The molecule has 0 radical (unpaired) electrons. The SMILES string of the molecule is Cn1nccc1CNC(=O)O. The van der Waals surface area contributed by atoms with Gasteiger partial charge in [0.1, 0.15) is 0 Å². The zero-order chi connectivity index (χ0) is 8.27. The van der Waals surface area contributed by atoms with Crippen molar-refractivity contribution in [2.75, 3.05) is 0 Å². The first-order valence-electron chi connectivity index (χ1n) is 3.14. The third-order valence-corrected chi connectivity index (χ3v) is 1.34. The molecule has 0 spiro atoms. The lowest BCUT2D eigenvalue weighted by atomic mass is 10.4. The van der Waals surface area contributed by atoms with Gasteiger partial charge in [-0.25, -0.2) is 4.79 Å². The van der Waals surface area contributed by atoms with Crippen LogP contribution >= 0.6 is 0 Å². The van der Waals surface area contributed by atoms with E-state index in [0.717, 1.165) is 5.69 Å². The molecule has 1 heterocycles. The van der Waals surface area contributed by atoms with Crippen molar-refractivity contribution in [2.45, 2.75) is 6.54 Å². The van der Waals surface area contributed by atoms with E-state index in [1.807, 2.05) is 0 Å². The van der Waals surface area contributed by atoms with Crippen LogP contribution in [0.25, 0.3) is 0 Å². The van der Waals surface area contributed by atoms with Crippen LogP contribution in [0.2, 0.25) is 0 Å². The Labute approximate surface area is 63.6 Å². The second kappa shape index (κ2) is 3.05. The molecule has 0 saturated heterocycles. The third kappa shape index (κ3) is 1.96. The van der Waals surface area contributed by atoms with Gasteiger partial charge < -0.3 is 10.4 Å². The summed E-state index contributed by atoms with van der Waals surface area (Å²) in [5, 5.41) is 14.4. The highest BCUT2D eigenvalue weighted by atomic mass is 16.4. The zero-order valence-electron chi connectivity index (χ0n) is 6.11. The van der Waals surface area contributed by atoms with Crippen LogP contribution in [0.5, 0.6) is 0 Å². The molecule has 2 N–H and O–H groups in total. The van der Waals surface area contributed by atoms with Crippen LogP contribution < -0.4 is 5.32 Å². The van der Waals surface area contributed by atoms with Crippen molar-refractivity contribution >= 4 is 6.09 Å². The molecule has 1 rings (SSSR count). The predicted octanol–water partition coefficient (Wildman–Crippen LogP) is 0.188. The molecule has 1 amide bonds. The molecule has 5 nitrogen and oxygen atoms in total. The van der Waals surface area contributed by atoms with Crippen molar-refractivity contribution < 1.29 is 9.90 Å². The van der Waals surface area contributed by atoms with Crippen molar-refractivity contribution in [3.8, 4) is 0 Å². The smallest absolute Gasteiger partial charge is 0.404 e. The number of carbonyl (C=O) groups is 1. The molecule has 0 aliphatic heterocycles. The van der Waals surface area contributed by atoms with Crippen LogP contribution in [0, 0.1) is 0 Å². The summed E-state index contributed by atoms with van der Waals surface area (Å²) in [6.45, 7) is 0.297. The molecule has 0 unspecified atom stereocenters. The Morgan fingerprint density at radius 1 is 1.91 bits per heavy atom. The maximum Gasteiger partial charge on any atom is 0.404 e. The van der Waals surface area contributed by atoms with Crippen LogP contribution in [-0.2, 0) is 13.6 Å². The van der Waals surface area contributed by atoms with Gasteiger partial charge in [-0.15, -0.1) is 0 Å². The molecule has 0 saturated carbocycles. The van der Waals surface area contributed by atoms with E-state index in [9.17, 15) is 4.79 Å². The standard InChI is InChI=1S/C6H9N3O2/c1-9-5(2-3-8-9)4-7-6(10)11/h2-3,7H,4H2,1H3,(H,10,11). The summed E-state index contributed by atoms with van der Waals surface area (Å²) in [5.74, 6) is 0. The first-order valence-corrected chi connectivity index (χ1v) is 3.14. The Morgan fingerprint density at radius 3 is 3.09 bits per heavy atom. The monoisotopic (exact) mass is 155 g/mol. The summed E-state index contributed by atoms with van der Waals surface area (Å²) in [4.78, 5) is 10.1. The van der Waals surface area contributed by atoms with E-state index < -0.39 is 6.09 Å². The Balaban J connectivity index is 2.51. The van der Waals surface area contributed by atoms with Gasteiger partial charge in [0.15, 0.2) is 0 Å². The lowest BCUT2D eigenvalue weighted by Gasteiger charge is -2.00. The number of aryl methyl sites for hydroxylation is 1. The van der Waals surface area contributed by atoms with E-state index in [-0.39, 0.29) is 0 Å². The second-order valence-corrected chi connectivity index (χ2v) is 2.10. The fourth-order valence-corrected chi connectivity index (χ4v) is 0.741. The van der Waals surface area contributed by atoms with Crippen molar-refractivity contribution in [1.29, 1.82) is 0 Å². The van der Waals surface area contributed by atoms with Gasteiger partial charge in [0.25, 0.3) is 0 Å². The van der Waals surface area contributed by atoms with Gasteiger partial charge in [0.05, 0.1) is 12.2 Å². The van der Waals surface area contributed by atoms with E-state index in [1.54, 1.807) is 24.0 Å². The maximum atomic E-state index is 10.1. The molecule has 0 aliphatic carbocycles. The zero-order valence-corrected chi connectivity index (χ0v) is 6.11.